The molecule has 0 bridgehead atoms. The second kappa shape index (κ2) is 4.45. The molecular formula is C11H14ClF2N. The van der Waals surface area contributed by atoms with Crippen molar-refractivity contribution in [2.24, 2.45) is 5.73 Å². The topological polar surface area (TPSA) is 26.0 Å². The summed E-state index contributed by atoms with van der Waals surface area (Å²) in [7, 11) is 0. The van der Waals surface area contributed by atoms with Crippen molar-refractivity contribution in [2.45, 2.75) is 25.7 Å². The maximum absolute atomic E-state index is 13.7. The zero-order chi connectivity index (χ0) is 11.6. The fraction of sp³-hybridized carbons (Fsp3) is 0.455. The zero-order valence-electron chi connectivity index (χ0n) is 8.78. The Balaban J connectivity index is 3.29. The molecule has 0 heterocycles. The number of benzene rings is 1. The lowest BCUT2D eigenvalue weighted by atomic mass is 9.81. The largest absolute Gasteiger partial charge is 0.330 e. The van der Waals surface area contributed by atoms with Crippen molar-refractivity contribution in [2.75, 3.05) is 6.54 Å². The van der Waals surface area contributed by atoms with E-state index in [0.717, 1.165) is 0 Å². The van der Waals surface area contributed by atoms with Gasteiger partial charge in [0, 0.05) is 5.56 Å². The molecule has 0 aromatic heterocycles. The van der Waals surface area contributed by atoms with Crippen molar-refractivity contribution >= 4 is 11.6 Å². The van der Waals surface area contributed by atoms with Gasteiger partial charge in [0.2, 0.25) is 0 Å². The minimum atomic E-state index is -0.685. The van der Waals surface area contributed by atoms with Crippen molar-refractivity contribution in [1.29, 1.82) is 0 Å². The molecule has 0 aliphatic carbocycles. The molecule has 1 nitrogen and oxygen atoms in total. The molecule has 2 N–H and O–H groups in total. The lowest BCUT2D eigenvalue weighted by Crippen LogP contribution is -2.24. The quantitative estimate of drug-likeness (QED) is 0.797. The van der Waals surface area contributed by atoms with E-state index in [1.165, 1.54) is 12.1 Å². The summed E-state index contributed by atoms with van der Waals surface area (Å²) >= 11 is 5.62. The van der Waals surface area contributed by atoms with E-state index >= 15 is 0 Å². The van der Waals surface area contributed by atoms with Gasteiger partial charge in [-0.2, -0.15) is 0 Å². The minimum Gasteiger partial charge on any atom is -0.330 e. The molecule has 1 rings (SSSR count). The van der Waals surface area contributed by atoms with E-state index in [-0.39, 0.29) is 10.6 Å². The summed E-state index contributed by atoms with van der Waals surface area (Å²) in [4.78, 5) is 0. The van der Waals surface area contributed by atoms with Crippen molar-refractivity contribution in [1.82, 2.24) is 0 Å². The summed E-state index contributed by atoms with van der Waals surface area (Å²) in [6.45, 7) is 3.87. The lowest BCUT2D eigenvalue weighted by molar-refractivity contribution is 0.425. The Morgan fingerprint density at radius 3 is 2.47 bits per heavy atom. The number of nitrogens with two attached hydrogens (primary N) is 1. The second-order valence-electron chi connectivity index (χ2n) is 4.14. The summed E-state index contributed by atoms with van der Waals surface area (Å²) in [6.07, 6.45) is 0.501. The number of rotatable bonds is 3. The van der Waals surface area contributed by atoms with E-state index in [0.29, 0.717) is 13.0 Å². The predicted octanol–water partition coefficient (Wildman–Crippen LogP) is 3.24. The van der Waals surface area contributed by atoms with E-state index in [4.69, 9.17) is 17.3 Å². The predicted molar refractivity (Wildman–Crippen MR) is 58.1 cm³/mol. The van der Waals surface area contributed by atoms with E-state index in [9.17, 15) is 8.78 Å². The molecule has 0 unspecified atom stereocenters. The highest BCUT2D eigenvalue weighted by Crippen LogP contribution is 2.33. The molecule has 0 radical (unpaired) electrons. The average Bonchev–Trinajstić information content (AvgIpc) is 2.11. The van der Waals surface area contributed by atoms with E-state index < -0.39 is 17.0 Å². The molecule has 0 aliphatic rings. The van der Waals surface area contributed by atoms with Crippen LogP contribution >= 0.6 is 11.6 Å². The van der Waals surface area contributed by atoms with Gasteiger partial charge in [0.05, 0.1) is 5.02 Å². The summed E-state index contributed by atoms with van der Waals surface area (Å²) in [6, 6.07) is 2.40. The molecule has 1 aromatic rings. The van der Waals surface area contributed by atoms with Crippen LogP contribution < -0.4 is 5.73 Å². The van der Waals surface area contributed by atoms with Crippen molar-refractivity contribution in [3.05, 3.63) is 34.4 Å². The molecule has 0 saturated carbocycles. The molecule has 0 saturated heterocycles. The molecule has 15 heavy (non-hydrogen) atoms. The maximum atomic E-state index is 13.7. The monoisotopic (exact) mass is 233 g/mol. The van der Waals surface area contributed by atoms with Crippen molar-refractivity contribution in [3.8, 4) is 0 Å². The third kappa shape index (κ3) is 2.47. The van der Waals surface area contributed by atoms with Crippen LogP contribution in [0.5, 0.6) is 0 Å². The van der Waals surface area contributed by atoms with Crippen LogP contribution in [0.15, 0.2) is 12.1 Å². The maximum Gasteiger partial charge on any atom is 0.148 e. The summed E-state index contributed by atoms with van der Waals surface area (Å²) < 4.78 is 27.2. The first kappa shape index (κ1) is 12.4. The minimum absolute atomic E-state index is 0.0143. The van der Waals surface area contributed by atoms with Gasteiger partial charge in [-0.15, -0.1) is 0 Å². The van der Waals surface area contributed by atoms with Gasteiger partial charge < -0.3 is 5.73 Å². The van der Waals surface area contributed by atoms with Crippen LogP contribution in [0.2, 0.25) is 5.02 Å². The molecule has 0 spiro atoms. The Kier molecular flexibility index (Phi) is 3.68. The standard InChI is InChI=1S/C11H14ClF2N/c1-11(2,5-6-15)9-8(13)4-3-7(12)10(9)14/h3-4H,5-6,15H2,1-2H3. The van der Waals surface area contributed by atoms with Gasteiger partial charge in [-0.05, 0) is 30.5 Å². The lowest BCUT2D eigenvalue weighted by Gasteiger charge is -2.25. The third-order valence-electron chi connectivity index (χ3n) is 2.49. The Bertz CT molecular complexity index is 364. The highest BCUT2D eigenvalue weighted by molar-refractivity contribution is 6.30. The van der Waals surface area contributed by atoms with Gasteiger partial charge in [0.15, 0.2) is 0 Å². The van der Waals surface area contributed by atoms with Gasteiger partial charge in [0.25, 0.3) is 0 Å². The van der Waals surface area contributed by atoms with E-state index in [1.54, 1.807) is 13.8 Å². The van der Waals surface area contributed by atoms with Crippen LogP contribution in [0.4, 0.5) is 8.78 Å². The molecule has 4 heteroatoms. The highest BCUT2D eigenvalue weighted by atomic mass is 35.5. The molecular weight excluding hydrogens is 220 g/mol. The second-order valence-corrected chi connectivity index (χ2v) is 4.55. The first-order valence-electron chi connectivity index (χ1n) is 4.74. The van der Waals surface area contributed by atoms with Crippen molar-refractivity contribution < 1.29 is 8.78 Å². The van der Waals surface area contributed by atoms with Gasteiger partial charge in [-0.1, -0.05) is 25.4 Å². The molecule has 1 aromatic carbocycles. The van der Waals surface area contributed by atoms with Gasteiger partial charge in [-0.25, -0.2) is 8.78 Å². The van der Waals surface area contributed by atoms with Crippen LogP contribution in [0.25, 0.3) is 0 Å². The highest BCUT2D eigenvalue weighted by Gasteiger charge is 2.28. The number of hydrogen-bond donors (Lipinski definition) is 1. The average molecular weight is 234 g/mol. The number of hydrogen-bond acceptors (Lipinski definition) is 1. The molecule has 0 fully saturated rings. The Morgan fingerprint density at radius 1 is 1.33 bits per heavy atom. The van der Waals surface area contributed by atoms with Gasteiger partial charge in [0.1, 0.15) is 11.6 Å². The van der Waals surface area contributed by atoms with Crippen LogP contribution in [0.3, 0.4) is 0 Å². The van der Waals surface area contributed by atoms with Gasteiger partial charge >= 0.3 is 0 Å². The fourth-order valence-electron chi connectivity index (χ4n) is 1.63. The molecule has 0 amide bonds. The SMILES string of the molecule is CC(C)(CCN)c1c(F)ccc(Cl)c1F. The van der Waals surface area contributed by atoms with Gasteiger partial charge in [-0.3, -0.25) is 0 Å². The molecule has 84 valence electrons. The van der Waals surface area contributed by atoms with E-state index in [1.807, 2.05) is 0 Å². The fourth-order valence-corrected chi connectivity index (χ4v) is 1.79. The van der Waals surface area contributed by atoms with Crippen LogP contribution in [-0.2, 0) is 5.41 Å². The Hall–Kier alpha value is -0.670. The summed E-state index contributed by atoms with van der Waals surface area (Å²) in [5, 5.41) is -0.0588. The first-order chi connectivity index (χ1) is 6.90. The summed E-state index contributed by atoms with van der Waals surface area (Å²) in [5.41, 5.74) is 4.78. The molecule has 0 aliphatic heterocycles. The van der Waals surface area contributed by atoms with Crippen LogP contribution in [0, 0.1) is 11.6 Å². The Morgan fingerprint density at radius 2 is 1.93 bits per heavy atom. The van der Waals surface area contributed by atoms with Crippen LogP contribution in [-0.4, -0.2) is 6.54 Å². The van der Waals surface area contributed by atoms with E-state index in [2.05, 4.69) is 0 Å². The third-order valence-corrected chi connectivity index (χ3v) is 2.78. The Labute approximate surface area is 93.2 Å². The zero-order valence-corrected chi connectivity index (χ0v) is 9.54. The molecule has 0 atom stereocenters. The number of halogens is 3. The van der Waals surface area contributed by atoms with Crippen molar-refractivity contribution in [3.63, 3.8) is 0 Å². The van der Waals surface area contributed by atoms with Crippen LogP contribution in [0.1, 0.15) is 25.8 Å². The normalized spacial score (nSPS) is 11.9. The first-order valence-corrected chi connectivity index (χ1v) is 5.12. The smallest absolute Gasteiger partial charge is 0.148 e. The summed E-state index contributed by atoms with van der Waals surface area (Å²) in [5.74, 6) is -1.26.